The lowest BCUT2D eigenvalue weighted by Crippen LogP contribution is -2.52. The van der Waals surface area contributed by atoms with Crippen molar-refractivity contribution in [1.29, 1.82) is 0 Å². The zero-order valence-corrected chi connectivity index (χ0v) is 10.6. The predicted molar refractivity (Wildman–Crippen MR) is 62.4 cm³/mol. The molecule has 1 aliphatic heterocycles. The van der Waals surface area contributed by atoms with Gasteiger partial charge in [-0.3, -0.25) is 4.79 Å². The Bertz CT molecular complexity index is 421. The Hall–Kier alpha value is -0.830. The Morgan fingerprint density at radius 3 is 2.47 bits per heavy atom. The van der Waals surface area contributed by atoms with Crippen LogP contribution in [0.2, 0.25) is 0 Å². The Morgan fingerprint density at radius 2 is 1.80 bits per heavy atom. The van der Waals surface area contributed by atoms with Gasteiger partial charge in [0, 0.05) is 11.0 Å². The van der Waals surface area contributed by atoms with Crippen molar-refractivity contribution in [1.82, 2.24) is 0 Å². The largest absolute Gasteiger partial charge is 0.425 e. The maximum Gasteiger partial charge on any atom is 0.328 e. The van der Waals surface area contributed by atoms with E-state index >= 15 is 0 Å². The topological polar surface area (TPSA) is 26.3 Å². The fraction of sp³-hybridized carbons (Fsp3) is 0.417. The number of carbonyl (C=O) groups excluding carboxylic acids is 1. The van der Waals surface area contributed by atoms with Gasteiger partial charge in [-0.05, 0) is 13.0 Å². The first-order chi connectivity index (χ1) is 6.87. The van der Waals surface area contributed by atoms with Crippen molar-refractivity contribution in [3.05, 3.63) is 29.8 Å². The minimum atomic E-state index is -0.672. The molecule has 0 radical (unpaired) electrons. The molecule has 0 bridgehead atoms. The summed E-state index contributed by atoms with van der Waals surface area (Å²) in [6.45, 7) is 5.94. The van der Waals surface area contributed by atoms with Gasteiger partial charge in [0.1, 0.15) is 10.1 Å². The second-order valence-corrected chi connectivity index (χ2v) is 6.10. The number of ether oxygens (including phenoxy) is 1. The van der Waals surface area contributed by atoms with Crippen LogP contribution in [-0.4, -0.2) is 10.3 Å². The van der Waals surface area contributed by atoms with Crippen molar-refractivity contribution in [2.45, 2.75) is 30.5 Å². The molecule has 1 atom stereocenters. The number of carbonyl (C=O) groups is 1. The van der Waals surface area contributed by atoms with Gasteiger partial charge in [0.25, 0.3) is 0 Å². The number of alkyl halides is 1. The van der Waals surface area contributed by atoms with E-state index in [1.54, 1.807) is 0 Å². The molecule has 1 aromatic carbocycles. The van der Waals surface area contributed by atoms with Crippen molar-refractivity contribution in [2.24, 2.45) is 0 Å². The molecule has 1 aliphatic rings. The molecule has 0 fully saturated rings. The Labute approximate surface area is 97.8 Å². The zero-order chi connectivity index (χ0) is 11.3. The monoisotopic (exact) mass is 268 g/mol. The zero-order valence-electron chi connectivity index (χ0n) is 9.00. The molecule has 0 aliphatic carbocycles. The van der Waals surface area contributed by atoms with E-state index < -0.39 is 4.32 Å². The number of rotatable bonds is 0. The standard InChI is InChI=1S/C12H13BrO2/c1-11(2)8-6-4-5-7-9(8)15-10(14)12(11,3)13/h4-7H,1-3H3. The fourth-order valence-electron chi connectivity index (χ4n) is 1.78. The number of benzene rings is 1. The molecule has 0 saturated heterocycles. The average Bonchev–Trinajstić information content (AvgIpc) is 2.16. The lowest BCUT2D eigenvalue weighted by molar-refractivity contribution is -0.139. The maximum absolute atomic E-state index is 11.8. The van der Waals surface area contributed by atoms with Crippen LogP contribution in [0.1, 0.15) is 26.3 Å². The predicted octanol–water partition coefficient (Wildman–Crippen LogP) is 3.04. The quantitative estimate of drug-likeness (QED) is 0.411. The molecule has 1 heterocycles. The summed E-state index contributed by atoms with van der Waals surface area (Å²) in [6, 6.07) is 7.67. The maximum atomic E-state index is 11.8. The lowest BCUT2D eigenvalue weighted by atomic mass is 9.72. The van der Waals surface area contributed by atoms with Gasteiger partial charge >= 0.3 is 5.97 Å². The van der Waals surface area contributed by atoms with Crippen molar-refractivity contribution in [3.63, 3.8) is 0 Å². The van der Waals surface area contributed by atoms with Crippen molar-refractivity contribution < 1.29 is 9.53 Å². The highest BCUT2D eigenvalue weighted by Gasteiger charge is 2.52. The molecule has 1 unspecified atom stereocenters. The number of halogens is 1. The van der Waals surface area contributed by atoms with E-state index in [0.717, 1.165) is 5.56 Å². The van der Waals surface area contributed by atoms with E-state index in [9.17, 15) is 4.79 Å². The second-order valence-electron chi connectivity index (χ2n) is 4.51. The van der Waals surface area contributed by atoms with Gasteiger partial charge in [-0.15, -0.1) is 0 Å². The second kappa shape index (κ2) is 3.08. The summed E-state index contributed by atoms with van der Waals surface area (Å²) in [7, 11) is 0. The molecular weight excluding hydrogens is 256 g/mol. The lowest BCUT2D eigenvalue weighted by Gasteiger charge is -2.42. The van der Waals surface area contributed by atoms with Gasteiger partial charge in [0.15, 0.2) is 0 Å². The summed E-state index contributed by atoms with van der Waals surface area (Å²) in [4.78, 5) is 11.8. The molecule has 15 heavy (non-hydrogen) atoms. The van der Waals surface area contributed by atoms with Crippen molar-refractivity contribution in [2.75, 3.05) is 0 Å². The van der Waals surface area contributed by atoms with Crippen LogP contribution in [-0.2, 0) is 10.2 Å². The minimum absolute atomic E-state index is 0.230. The fourth-order valence-corrected chi connectivity index (χ4v) is 2.07. The minimum Gasteiger partial charge on any atom is -0.425 e. The summed E-state index contributed by atoms with van der Waals surface area (Å²) in [5, 5.41) is 0. The summed E-state index contributed by atoms with van der Waals surface area (Å²) in [6.07, 6.45) is 0. The first-order valence-electron chi connectivity index (χ1n) is 4.88. The first kappa shape index (κ1) is 10.7. The molecule has 2 rings (SSSR count). The van der Waals surface area contributed by atoms with Crippen LogP contribution >= 0.6 is 15.9 Å². The number of para-hydroxylation sites is 1. The third kappa shape index (κ3) is 1.33. The van der Waals surface area contributed by atoms with Gasteiger partial charge < -0.3 is 4.74 Å². The average molecular weight is 269 g/mol. The van der Waals surface area contributed by atoms with E-state index in [2.05, 4.69) is 15.9 Å². The summed E-state index contributed by atoms with van der Waals surface area (Å²) < 4.78 is 4.62. The summed E-state index contributed by atoms with van der Waals surface area (Å²) in [5.41, 5.74) is 0.780. The van der Waals surface area contributed by atoms with Crippen LogP contribution in [0, 0.1) is 0 Å². The van der Waals surface area contributed by atoms with Crippen LogP contribution in [0.5, 0.6) is 5.75 Å². The van der Waals surface area contributed by atoms with Gasteiger partial charge in [-0.25, -0.2) is 0 Å². The number of fused-ring (bicyclic) bond motifs is 1. The van der Waals surface area contributed by atoms with E-state index in [1.165, 1.54) is 0 Å². The Morgan fingerprint density at radius 1 is 1.20 bits per heavy atom. The summed E-state index contributed by atoms with van der Waals surface area (Å²) in [5.74, 6) is 0.440. The molecule has 0 saturated carbocycles. The van der Waals surface area contributed by atoms with E-state index in [-0.39, 0.29) is 11.4 Å². The molecule has 0 aromatic heterocycles. The molecule has 2 nitrogen and oxygen atoms in total. The molecule has 0 N–H and O–H groups in total. The third-order valence-corrected chi connectivity index (χ3v) is 4.64. The third-order valence-electron chi connectivity index (χ3n) is 3.32. The van der Waals surface area contributed by atoms with Crippen molar-refractivity contribution >= 4 is 21.9 Å². The highest BCUT2D eigenvalue weighted by molar-refractivity contribution is 9.10. The molecule has 3 heteroatoms. The van der Waals surface area contributed by atoms with Crippen molar-refractivity contribution in [3.8, 4) is 5.75 Å². The smallest absolute Gasteiger partial charge is 0.328 e. The molecular formula is C12H13BrO2. The van der Waals surface area contributed by atoms with Crippen LogP contribution < -0.4 is 4.74 Å². The number of hydrogen-bond acceptors (Lipinski definition) is 2. The number of esters is 1. The summed E-state index contributed by atoms with van der Waals surface area (Å²) >= 11 is 3.47. The number of hydrogen-bond donors (Lipinski definition) is 0. The first-order valence-corrected chi connectivity index (χ1v) is 5.67. The van der Waals surface area contributed by atoms with Crippen LogP contribution in [0.3, 0.4) is 0 Å². The highest BCUT2D eigenvalue weighted by Crippen LogP contribution is 2.48. The van der Waals surface area contributed by atoms with Crippen LogP contribution in [0.4, 0.5) is 0 Å². The van der Waals surface area contributed by atoms with Crippen LogP contribution in [0.25, 0.3) is 0 Å². The van der Waals surface area contributed by atoms with Gasteiger partial charge in [0.05, 0.1) is 0 Å². The highest BCUT2D eigenvalue weighted by atomic mass is 79.9. The Balaban J connectivity index is 2.66. The Kier molecular flexibility index (Phi) is 2.19. The SMILES string of the molecule is CC1(Br)C(=O)Oc2ccccc2C1(C)C. The van der Waals surface area contributed by atoms with Gasteiger partial charge in [0.2, 0.25) is 0 Å². The van der Waals surface area contributed by atoms with Gasteiger partial charge in [-0.1, -0.05) is 48.0 Å². The normalized spacial score (nSPS) is 28.1. The molecule has 0 amide bonds. The van der Waals surface area contributed by atoms with E-state index in [4.69, 9.17) is 4.74 Å². The van der Waals surface area contributed by atoms with E-state index in [1.807, 2.05) is 45.0 Å². The van der Waals surface area contributed by atoms with E-state index in [0.29, 0.717) is 5.75 Å². The van der Waals surface area contributed by atoms with Crippen LogP contribution in [0.15, 0.2) is 24.3 Å². The molecule has 80 valence electrons. The molecule has 0 spiro atoms. The van der Waals surface area contributed by atoms with Gasteiger partial charge in [-0.2, -0.15) is 0 Å². The molecule has 1 aromatic rings.